The minimum atomic E-state index is 0.130. The van der Waals surface area contributed by atoms with Crippen LogP contribution in [0, 0.1) is 11.8 Å². The molecule has 20 heavy (non-hydrogen) atoms. The first-order chi connectivity index (χ1) is 9.75. The molecule has 2 saturated carbocycles. The van der Waals surface area contributed by atoms with Crippen LogP contribution < -0.4 is 5.32 Å². The fraction of sp³-hybridized carbons (Fsp3) is 1.00. The molecule has 2 heteroatoms. The lowest BCUT2D eigenvalue weighted by Crippen LogP contribution is -2.56. The van der Waals surface area contributed by atoms with E-state index in [2.05, 4.69) is 26.2 Å². The SMILES string of the molecule is CCOC1(C(NC)C2CCC(CC)CC2)CCCCC1. The van der Waals surface area contributed by atoms with Gasteiger partial charge in [-0.15, -0.1) is 0 Å². The van der Waals surface area contributed by atoms with Crippen molar-refractivity contribution in [2.75, 3.05) is 13.7 Å². The Kier molecular flexibility index (Phi) is 6.35. The normalized spacial score (nSPS) is 31.9. The van der Waals surface area contributed by atoms with Crippen LogP contribution in [0.15, 0.2) is 0 Å². The number of hydrogen-bond donors (Lipinski definition) is 1. The highest BCUT2D eigenvalue weighted by atomic mass is 16.5. The van der Waals surface area contributed by atoms with E-state index in [9.17, 15) is 0 Å². The molecule has 0 aromatic heterocycles. The summed E-state index contributed by atoms with van der Waals surface area (Å²) in [6.07, 6.45) is 13.7. The second-order valence-electron chi connectivity index (χ2n) is 7.01. The molecule has 1 atom stereocenters. The summed E-state index contributed by atoms with van der Waals surface area (Å²) < 4.78 is 6.37. The first-order valence-corrected chi connectivity index (χ1v) is 9.07. The predicted molar refractivity (Wildman–Crippen MR) is 86.0 cm³/mol. The third-order valence-corrected chi connectivity index (χ3v) is 5.95. The molecule has 2 rings (SSSR count). The summed E-state index contributed by atoms with van der Waals surface area (Å²) in [7, 11) is 2.16. The number of hydrogen-bond acceptors (Lipinski definition) is 2. The molecule has 2 aliphatic rings. The van der Waals surface area contributed by atoms with E-state index in [1.165, 1.54) is 64.2 Å². The molecule has 0 radical (unpaired) electrons. The lowest BCUT2D eigenvalue weighted by molar-refractivity contribution is -0.105. The zero-order chi connectivity index (χ0) is 14.4. The Morgan fingerprint density at radius 1 is 1.05 bits per heavy atom. The molecule has 0 aromatic carbocycles. The van der Waals surface area contributed by atoms with Crippen LogP contribution in [-0.4, -0.2) is 25.3 Å². The van der Waals surface area contributed by atoms with Gasteiger partial charge in [0, 0.05) is 12.6 Å². The highest BCUT2D eigenvalue weighted by molar-refractivity contribution is 4.99. The Balaban J connectivity index is 2.04. The summed E-state index contributed by atoms with van der Waals surface area (Å²) in [5.41, 5.74) is 0.130. The zero-order valence-corrected chi connectivity index (χ0v) is 13.9. The maximum Gasteiger partial charge on any atom is 0.0837 e. The van der Waals surface area contributed by atoms with Gasteiger partial charge in [0.1, 0.15) is 0 Å². The molecular weight excluding hydrogens is 246 g/mol. The van der Waals surface area contributed by atoms with Crippen LogP contribution >= 0.6 is 0 Å². The molecular formula is C18H35NO. The van der Waals surface area contributed by atoms with E-state index >= 15 is 0 Å². The molecule has 2 aliphatic carbocycles. The summed E-state index contributed by atoms with van der Waals surface area (Å²) in [5, 5.41) is 3.67. The van der Waals surface area contributed by atoms with E-state index in [4.69, 9.17) is 4.74 Å². The molecule has 2 fully saturated rings. The Hall–Kier alpha value is -0.0800. The Morgan fingerprint density at radius 3 is 2.20 bits per heavy atom. The van der Waals surface area contributed by atoms with Crippen molar-refractivity contribution < 1.29 is 4.74 Å². The molecule has 118 valence electrons. The van der Waals surface area contributed by atoms with Crippen molar-refractivity contribution in [2.45, 2.75) is 89.7 Å². The van der Waals surface area contributed by atoms with Gasteiger partial charge >= 0.3 is 0 Å². The average molecular weight is 281 g/mol. The van der Waals surface area contributed by atoms with Gasteiger partial charge in [-0.3, -0.25) is 0 Å². The Bertz CT molecular complexity index is 259. The number of likely N-dealkylation sites (N-methyl/N-ethyl adjacent to an activating group) is 1. The minimum Gasteiger partial charge on any atom is -0.374 e. The van der Waals surface area contributed by atoms with Gasteiger partial charge in [0.15, 0.2) is 0 Å². The Morgan fingerprint density at radius 2 is 1.70 bits per heavy atom. The maximum atomic E-state index is 6.37. The minimum absolute atomic E-state index is 0.130. The monoisotopic (exact) mass is 281 g/mol. The maximum absolute atomic E-state index is 6.37. The fourth-order valence-electron chi connectivity index (χ4n) is 4.84. The molecule has 1 N–H and O–H groups in total. The summed E-state index contributed by atoms with van der Waals surface area (Å²) in [5.74, 6) is 1.81. The molecule has 0 heterocycles. The molecule has 0 spiro atoms. The molecule has 2 nitrogen and oxygen atoms in total. The molecule has 0 amide bonds. The van der Waals surface area contributed by atoms with Gasteiger partial charge in [-0.2, -0.15) is 0 Å². The van der Waals surface area contributed by atoms with Crippen molar-refractivity contribution in [2.24, 2.45) is 11.8 Å². The molecule has 0 bridgehead atoms. The smallest absolute Gasteiger partial charge is 0.0837 e. The van der Waals surface area contributed by atoms with Crippen LogP contribution in [0.4, 0.5) is 0 Å². The van der Waals surface area contributed by atoms with Crippen molar-refractivity contribution in [1.29, 1.82) is 0 Å². The van der Waals surface area contributed by atoms with Crippen molar-refractivity contribution in [1.82, 2.24) is 5.32 Å². The van der Waals surface area contributed by atoms with Crippen LogP contribution in [0.5, 0.6) is 0 Å². The molecule has 0 saturated heterocycles. The number of rotatable bonds is 6. The molecule has 0 aromatic rings. The topological polar surface area (TPSA) is 21.3 Å². The summed E-state index contributed by atoms with van der Waals surface area (Å²) in [6.45, 7) is 5.38. The van der Waals surface area contributed by atoms with Crippen molar-refractivity contribution in [3.8, 4) is 0 Å². The van der Waals surface area contributed by atoms with E-state index in [0.29, 0.717) is 6.04 Å². The van der Waals surface area contributed by atoms with E-state index in [-0.39, 0.29) is 5.60 Å². The second-order valence-corrected chi connectivity index (χ2v) is 7.01. The first-order valence-electron chi connectivity index (χ1n) is 9.07. The fourth-order valence-corrected chi connectivity index (χ4v) is 4.84. The van der Waals surface area contributed by atoms with Gasteiger partial charge in [0.05, 0.1) is 5.60 Å². The van der Waals surface area contributed by atoms with E-state index in [1.54, 1.807) is 0 Å². The van der Waals surface area contributed by atoms with Crippen molar-refractivity contribution in [3.05, 3.63) is 0 Å². The van der Waals surface area contributed by atoms with Gasteiger partial charge in [0.2, 0.25) is 0 Å². The average Bonchev–Trinajstić information content (AvgIpc) is 2.50. The van der Waals surface area contributed by atoms with E-state index in [0.717, 1.165) is 18.4 Å². The predicted octanol–water partition coefficient (Wildman–Crippen LogP) is 4.53. The molecule has 1 unspecified atom stereocenters. The highest BCUT2D eigenvalue weighted by Crippen LogP contribution is 2.42. The van der Waals surface area contributed by atoms with Gasteiger partial charge in [-0.25, -0.2) is 0 Å². The summed E-state index contributed by atoms with van der Waals surface area (Å²) >= 11 is 0. The van der Waals surface area contributed by atoms with Crippen molar-refractivity contribution >= 4 is 0 Å². The first kappa shape index (κ1) is 16.3. The van der Waals surface area contributed by atoms with Gasteiger partial charge < -0.3 is 10.1 Å². The Labute approximate surface area is 126 Å². The summed E-state index contributed by atoms with van der Waals surface area (Å²) in [6, 6.07) is 0.570. The highest BCUT2D eigenvalue weighted by Gasteiger charge is 2.44. The standard InChI is InChI=1S/C18H35NO/c1-4-15-9-11-16(12-10-15)17(19-3)18(20-5-2)13-7-6-8-14-18/h15-17,19H,4-14H2,1-3H3. The van der Waals surface area contributed by atoms with Crippen LogP contribution in [0.2, 0.25) is 0 Å². The van der Waals surface area contributed by atoms with Gasteiger partial charge in [0.25, 0.3) is 0 Å². The quantitative estimate of drug-likeness (QED) is 0.772. The number of ether oxygens (including phenoxy) is 1. The van der Waals surface area contributed by atoms with Crippen LogP contribution in [0.1, 0.15) is 78.1 Å². The zero-order valence-electron chi connectivity index (χ0n) is 13.9. The summed E-state index contributed by atoms with van der Waals surface area (Å²) in [4.78, 5) is 0. The van der Waals surface area contributed by atoms with Crippen LogP contribution in [0.25, 0.3) is 0 Å². The lowest BCUT2D eigenvalue weighted by atomic mass is 9.69. The van der Waals surface area contributed by atoms with Gasteiger partial charge in [-0.05, 0) is 51.5 Å². The lowest BCUT2D eigenvalue weighted by Gasteiger charge is -2.48. The largest absolute Gasteiger partial charge is 0.374 e. The number of nitrogens with one attached hydrogen (secondary N) is 1. The second kappa shape index (κ2) is 7.79. The van der Waals surface area contributed by atoms with E-state index < -0.39 is 0 Å². The van der Waals surface area contributed by atoms with Crippen LogP contribution in [0.3, 0.4) is 0 Å². The van der Waals surface area contributed by atoms with E-state index in [1.807, 2.05) is 0 Å². The third-order valence-electron chi connectivity index (χ3n) is 5.95. The molecule has 0 aliphatic heterocycles. The van der Waals surface area contributed by atoms with Gasteiger partial charge in [-0.1, -0.05) is 45.4 Å². The van der Waals surface area contributed by atoms with Crippen LogP contribution in [-0.2, 0) is 4.74 Å². The third kappa shape index (κ3) is 3.57. The van der Waals surface area contributed by atoms with Crippen molar-refractivity contribution in [3.63, 3.8) is 0 Å².